The molecule has 0 saturated heterocycles. The van der Waals surface area contributed by atoms with Crippen LogP contribution in [0.15, 0.2) is 73.3 Å². The lowest BCUT2D eigenvalue weighted by atomic mass is 10.2. The molecule has 2 aromatic rings. The predicted octanol–water partition coefficient (Wildman–Crippen LogP) is 4.56. The van der Waals surface area contributed by atoms with Crippen LogP contribution in [0.3, 0.4) is 0 Å². The molecule has 0 saturated carbocycles. The molecule has 0 amide bonds. The van der Waals surface area contributed by atoms with Gasteiger partial charge in [0.2, 0.25) is 0 Å². The van der Waals surface area contributed by atoms with Gasteiger partial charge in [-0.15, -0.1) is 6.58 Å². The van der Waals surface area contributed by atoms with Gasteiger partial charge in [0.1, 0.15) is 18.4 Å². The Balaban J connectivity index is 1.98. The summed E-state index contributed by atoms with van der Waals surface area (Å²) in [5, 5.41) is 2.82. The van der Waals surface area contributed by atoms with Gasteiger partial charge in [-0.3, -0.25) is 9.36 Å². The molecule has 1 N–H and O–H groups in total. The van der Waals surface area contributed by atoms with Gasteiger partial charge in [-0.1, -0.05) is 54.6 Å². The molecule has 26 heavy (non-hydrogen) atoms. The number of esters is 1. The van der Waals surface area contributed by atoms with E-state index in [9.17, 15) is 9.36 Å². The lowest BCUT2D eigenvalue weighted by Crippen LogP contribution is -2.35. The number of carbonyl (C=O) groups is 1. The van der Waals surface area contributed by atoms with Crippen molar-refractivity contribution in [1.29, 1.82) is 0 Å². The van der Waals surface area contributed by atoms with Crippen LogP contribution >= 0.6 is 7.52 Å². The first-order valence-corrected chi connectivity index (χ1v) is 10.3. The minimum absolute atomic E-state index is 0.169. The maximum atomic E-state index is 13.1. The molecule has 0 heterocycles. The molecule has 1 unspecified atom stereocenters. The number of benzene rings is 2. The number of rotatable bonds is 10. The van der Waals surface area contributed by atoms with Crippen molar-refractivity contribution in [2.75, 3.05) is 6.16 Å². The number of carbonyl (C=O) groups excluding carboxylic acids is 1. The number of nitrogens with one attached hydrogen (secondary N) is 1. The van der Waals surface area contributed by atoms with Gasteiger partial charge in [-0.2, -0.15) is 0 Å². The Labute approximate surface area is 154 Å². The van der Waals surface area contributed by atoms with Crippen molar-refractivity contribution in [2.24, 2.45) is 0 Å². The molecule has 0 radical (unpaired) electrons. The van der Waals surface area contributed by atoms with E-state index >= 15 is 0 Å². The zero-order chi connectivity index (χ0) is 18.8. The van der Waals surface area contributed by atoms with Crippen LogP contribution in [0.5, 0.6) is 5.75 Å². The third-order valence-electron chi connectivity index (χ3n) is 3.59. The van der Waals surface area contributed by atoms with Crippen LogP contribution in [0.2, 0.25) is 0 Å². The molecule has 2 rings (SSSR count). The largest absolute Gasteiger partial charge is 0.460 e. The average Bonchev–Trinajstić information content (AvgIpc) is 2.66. The highest BCUT2D eigenvalue weighted by Crippen LogP contribution is 2.44. The van der Waals surface area contributed by atoms with Crippen molar-refractivity contribution in [3.05, 3.63) is 78.9 Å². The molecule has 0 fully saturated rings. The molecule has 0 spiro atoms. The average molecular weight is 373 g/mol. The number of ether oxygens (including phenoxy) is 1. The highest BCUT2D eigenvalue weighted by atomic mass is 31.2. The zero-order valence-corrected chi connectivity index (χ0v) is 15.7. The molecule has 0 aliphatic rings. The van der Waals surface area contributed by atoms with Crippen LogP contribution in [-0.2, 0) is 20.7 Å². The van der Waals surface area contributed by atoms with Gasteiger partial charge in [0.25, 0.3) is 0 Å². The van der Waals surface area contributed by atoms with Crippen LogP contribution in [0, 0.1) is 0 Å². The third kappa shape index (κ3) is 6.51. The van der Waals surface area contributed by atoms with Crippen LogP contribution in [-0.4, -0.2) is 18.2 Å². The number of hydrogen-bond acceptors (Lipinski definition) is 4. The van der Waals surface area contributed by atoms with E-state index in [1.54, 1.807) is 37.3 Å². The normalized spacial score (nSPS) is 14.0. The molecule has 5 nitrogen and oxygen atoms in total. The predicted molar refractivity (Wildman–Crippen MR) is 103 cm³/mol. The quantitative estimate of drug-likeness (QED) is 0.376. The fourth-order valence-corrected chi connectivity index (χ4v) is 4.20. The third-order valence-corrected chi connectivity index (χ3v) is 5.72. The SMILES string of the molecule is C=CCCP(=O)(N[C@@H](C)C(=O)OCc1ccccc1)Oc1ccccc1. The maximum absolute atomic E-state index is 13.1. The standard InChI is InChI=1S/C20H24NO4P/c1-3-4-15-26(23,25-19-13-9-6-10-14-19)21-17(2)20(22)24-16-18-11-7-5-8-12-18/h3,5-14,17H,1,4,15-16H2,2H3,(H,21,23)/t17-,26?/m0/s1. The van der Waals surface area contributed by atoms with E-state index in [0.717, 1.165) is 5.56 Å². The van der Waals surface area contributed by atoms with Gasteiger partial charge in [0, 0.05) is 0 Å². The first-order valence-electron chi connectivity index (χ1n) is 8.45. The Kier molecular flexibility index (Phi) is 7.64. The lowest BCUT2D eigenvalue weighted by molar-refractivity contribution is -0.146. The minimum atomic E-state index is -3.29. The van der Waals surface area contributed by atoms with Gasteiger partial charge >= 0.3 is 13.5 Å². The van der Waals surface area contributed by atoms with E-state index < -0.39 is 19.5 Å². The minimum Gasteiger partial charge on any atom is -0.460 e. The van der Waals surface area contributed by atoms with Crippen LogP contribution < -0.4 is 9.61 Å². The number of hydrogen-bond donors (Lipinski definition) is 1. The first-order chi connectivity index (χ1) is 12.5. The summed E-state index contributed by atoms with van der Waals surface area (Å²) < 4.78 is 24.1. The van der Waals surface area contributed by atoms with Gasteiger partial charge in [0.05, 0.1) is 6.16 Å². The Morgan fingerprint density at radius 2 is 1.77 bits per heavy atom. The number of allylic oxidation sites excluding steroid dienone is 1. The second-order valence-corrected chi connectivity index (χ2v) is 8.06. The fourth-order valence-electron chi connectivity index (χ4n) is 2.25. The summed E-state index contributed by atoms with van der Waals surface area (Å²) in [5.41, 5.74) is 0.892. The van der Waals surface area contributed by atoms with E-state index in [-0.39, 0.29) is 12.8 Å². The lowest BCUT2D eigenvalue weighted by Gasteiger charge is -2.23. The Morgan fingerprint density at radius 1 is 1.15 bits per heavy atom. The van der Waals surface area contributed by atoms with Gasteiger partial charge in [0.15, 0.2) is 0 Å². The van der Waals surface area contributed by atoms with Crippen LogP contribution in [0.25, 0.3) is 0 Å². The molecular formula is C20H24NO4P. The summed E-state index contributed by atoms with van der Waals surface area (Å²) in [5.74, 6) is 0.00147. The molecule has 6 heteroatoms. The molecule has 0 aromatic heterocycles. The number of para-hydroxylation sites is 1. The molecule has 138 valence electrons. The monoisotopic (exact) mass is 373 g/mol. The molecule has 2 atom stereocenters. The summed E-state index contributed by atoms with van der Waals surface area (Å²) >= 11 is 0. The maximum Gasteiger partial charge on any atom is 0.323 e. The van der Waals surface area contributed by atoms with Gasteiger partial charge < -0.3 is 9.26 Å². The summed E-state index contributed by atoms with van der Waals surface area (Å²) in [6.07, 6.45) is 2.41. The fraction of sp³-hybridized carbons (Fsp3) is 0.250. The summed E-state index contributed by atoms with van der Waals surface area (Å²) in [6.45, 7) is 5.43. The topological polar surface area (TPSA) is 64.6 Å². The second kappa shape index (κ2) is 9.95. The summed E-state index contributed by atoms with van der Waals surface area (Å²) in [4.78, 5) is 12.2. The van der Waals surface area contributed by atoms with Crippen molar-refractivity contribution in [3.63, 3.8) is 0 Å². The summed E-state index contributed by atoms with van der Waals surface area (Å²) in [7, 11) is -3.29. The molecular weight excluding hydrogens is 349 g/mol. The smallest absolute Gasteiger partial charge is 0.323 e. The van der Waals surface area contributed by atoms with Crippen molar-refractivity contribution in [1.82, 2.24) is 5.09 Å². The van der Waals surface area contributed by atoms with Crippen molar-refractivity contribution < 1.29 is 18.6 Å². The Hall–Kier alpha value is -2.36. The Bertz CT molecular complexity index is 749. The van der Waals surface area contributed by atoms with Gasteiger partial charge in [-0.05, 0) is 31.0 Å². The van der Waals surface area contributed by atoms with E-state index in [1.165, 1.54) is 0 Å². The molecule has 0 bridgehead atoms. The van der Waals surface area contributed by atoms with Crippen molar-refractivity contribution >= 4 is 13.5 Å². The van der Waals surface area contributed by atoms with Crippen LogP contribution in [0.1, 0.15) is 18.9 Å². The van der Waals surface area contributed by atoms with Crippen molar-refractivity contribution in [2.45, 2.75) is 26.0 Å². The van der Waals surface area contributed by atoms with E-state index in [4.69, 9.17) is 9.26 Å². The van der Waals surface area contributed by atoms with E-state index in [0.29, 0.717) is 12.2 Å². The van der Waals surface area contributed by atoms with E-state index in [1.807, 2.05) is 36.4 Å². The molecule has 0 aliphatic heterocycles. The van der Waals surface area contributed by atoms with Gasteiger partial charge in [-0.25, -0.2) is 5.09 Å². The first kappa shape index (κ1) is 20.0. The highest BCUT2D eigenvalue weighted by Gasteiger charge is 2.29. The van der Waals surface area contributed by atoms with Crippen LogP contribution in [0.4, 0.5) is 0 Å². The van der Waals surface area contributed by atoms with Crippen molar-refractivity contribution in [3.8, 4) is 5.75 Å². The summed E-state index contributed by atoms with van der Waals surface area (Å²) in [6, 6.07) is 17.5. The Morgan fingerprint density at radius 3 is 2.38 bits per heavy atom. The zero-order valence-electron chi connectivity index (χ0n) is 14.8. The highest BCUT2D eigenvalue weighted by molar-refractivity contribution is 7.57. The second-order valence-electron chi connectivity index (χ2n) is 5.82. The van der Waals surface area contributed by atoms with E-state index in [2.05, 4.69) is 11.7 Å². The molecule has 2 aromatic carbocycles. The molecule has 0 aliphatic carbocycles.